The Morgan fingerprint density at radius 2 is 1.00 bits per heavy atom. The second kappa shape index (κ2) is 21.6. The minimum absolute atomic E-state index is 0. The Hall–Kier alpha value is 1.78. The van der Waals surface area contributed by atoms with Crippen LogP contribution in [0.25, 0.3) is 0 Å². The normalized spacial score (nSPS) is 0. The fourth-order valence-corrected chi connectivity index (χ4v) is 0. The molecule has 0 atom stereocenters. The van der Waals surface area contributed by atoms with Crippen LogP contribution in [-0.2, 0) is 51.2 Å². The van der Waals surface area contributed by atoms with E-state index in [1.54, 1.807) is 0 Å². The molecule has 0 aromatic carbocycles. The minimum Gasteiger partial charge on any atom is 0 e. The Morgan fingerprint density at radius 3 is 1.00 bits per heavy atom. The minimum atomic E-state index is 0. The first-order valence-corrected chi connectivity index (χ1v) is 0. The van der Waals surface area contributed by atoms with Crippen LogP contribution in [0.15, 0.2) is 0 Å². The summed E-state index contributed by atoms with van der Waals surface area (Å²) in [5.41, 5.74) is 0. The molecule has 0 fully saturated rings. The molecule has 0 nitrogen and oxygen atoms in total. The molecule has 0 N–H and O–H groups in total. The van der Waals surface area contributed by atoms with Crippen LogP contribution in [0.4, 0.5) is 0 Å². The maximum Gasteiger partial charge on any atom is 0 e. The van der Waals surface area contributed by atoms with Gasteiger partial charge in [0.2, 0.25) is 0 Å². The van der Waals surface area contributed by atoms with Gasteiger partial charge in [-0.3, -0.25) is 0 Å². The van der Waals surface area contributed by atoms with Gasteiger partial charge in [-0.05, 0) is 0 Å². The third kappa shape index (κ3) is 9.23. The number of hydrogen-bond donors (Lipinski definition) is 0. The molecule has 0 aromatic rings. The molecular weight excluding hydrogens is 202 g/mol. The Morgan fingerprint density at radius 1 is 1.00 bits per heavy atom. The van der Waals surface area contributed by atoms with Crippen LogP contribution in [0.1, 0.15) is 0 Å². The molecule has 0 saturated heterocycles. The molecule has 0 unspecified atom stereocenters. The summed E-state index contributed by atoms with van der Waals surface area (Å²) >= 11 is 0. The summed E-state index contributed by atoms with van der Waals surface area (Å²) in [5, 5.41) is 0. The van der Waals surface area contributed by atoms with Crippen molar-refractivity contribution in [2.45, 2.75) is 0 Å². The predicted molar refractivity (Wildman–Crippen MR) is 5.75 cm³/mol. The topological polar surface area (TPSA) is 0 Å². The van der Waals surface area contributed by atoms with Crippen LogP contribution in [-0.4, -0.2) is 11.0 Å². The second-order valence-electron chi connectivity index (χ2n) is 0. The van der Waals surface area contributed by atoms with Crippen molar-refractivity contribution in [3.05, 3.63) is 0 Å². The first kappa shape index (κ1) is 41.8. The second-order valence-corrected chi connectivity index (χ2v) is 0. The van der Waals surface area contributed by atoms with E-state index in [2.05, 4.69) is 0 Å². The Labute approximate surface area is 61.9 Å². The van der Waals surface area contributed by atoms with Crippen molar-refractivity contribution in [1.29, 1.82) is 0 Å². The molecule has 0 aliphatic heterocycles. The van der Waals surface area contributed by atoms with Crippen LogP contribution in [0, 0.1) is 0 Å². The molecule has 0 aliphatic rings. The van der Waals surface area contributed by atoms with Gasteiger partial charge in [-0.25, -0.2) is 0 Å². The molecule has 30 valence electrons. The largest absolute Gasteiger partial charge is 0 e. The Balaban J connectivity index is 0. The third-order valence-electron chi connectivity index (χ3n) is 0. The first-order chi connectivity index (χ1) is 0. The van der Waals surface area contributed by atoms with Gasteiger partial charge in [0.15, 0.2) is 0 Å². The summed E-state index contributed by atoms with van der Waals surface area (Å²) in [4.78, 5) is 0. The van der Waals surface area contributed by atoms with Gasteiger partial charge in [-0.1, -0.05) is 0 Å². The molecule has 0 bridgehead atoms. The van der Waals surface area contributed by atoms with Crippen molar-refractivity contribution >= 4 is 11.0 Å². The molecule has 0 heterocycles. The summed E-state index contributed by atoms with van der Waals surface area (Å²) < 4.78 is 0. The van der Waals surface area contributed by atoms with Crippen LogP contribution in [0.5, 0.6) is 0 Å². The van der Waals surface area contributed by atoms with Crippen LogP contribution in [0.3, 0.4) is 0 Å². The molecule has 4 heteroatoms. The van der Waals surface area contributed by atoms with Gasteiger partial charge >= 0.3 is 0 Å². The fraction of sp³-hybridized carbons (Fsp3) is 0. The first-order valence-electron chi connectivity index (χ1n) is 0. The van der Waals surface area contributed by atoms with E-state index in [9.17, 15) is 0 Å². The Kier molecular flexibility index (Phi) is 226. The summed E-state index contributed by atoms with van der Waals surface area (Å²) in [6, 6.07) is 0. The Bertz CT molecular complexity index is 8.00. The van der Waals surface area contributed by atoms with E-state index >= 15 is 0 Å². The van der Waals surface area contributed by atoms with Crippen molar-refractivity contribution < 1.29 is 51.2 Å². The quantitative estimate of drug-likeness (QED) is 0.470. The van der Waals surface area contributed by atoms with Gasteiger partial charge in [0.1, 0.15) is 0 Å². The summed E-state index contributed by atoms with van der Waals surface area (Å²) in [6.07, 6.45) is 0. The van der Waals surface area contributed by atoms with E-state index in [1.807, 2.05) is 0 Å². The standard InChI is InChI=1S/Cu.Fe.Mn.Si. The van der Waals surface area contributed by atoms with Crippen LogP contribution < -0.4 is 0 Å². The maximum atomic E-state index is 0. The van der Waals surface area contributed by atoms with E-state index in [0.29, 0.717) is 0 Å². The zero-order chi connectivity index (χ0) is 0. The van der Waals surface area contributed by atoms with E-state index in [1.165, 1.54) is 0 Å². The van der Waals surface area contributed by atoms with Crippen molar-refractivity contribution in [3.63, 3.8) is 0 Å². The van der Waals surface area contributed by atoms with Gasteiger partial charge < -0.3 is 0 Å². The van der Waals surface area contributed by atoms with E-state index < -0.39 is 0 Å². The van der Waals surface area contributed by atoms with Gasteiger partial charge in [-0.2, -0.15) is 0 Å². The van der Waals surface area contributed by atoms with E-state index in [4.69, 9.17) is 0 Å². The summed E-state index contributed by atoms with van der Waals surface area (Å²) in [5.74, 6) is 0. The van der Waals surface area contributed by atoms with Crippen LogP contribution in [0.2, 0.25) is 0 Å². The molecule has 4 heavy (non-hydrogen) atoms. The summed E-state index contributed by atoms with van der Waals surface area (Å²) in [6.45, 7) is 0. The van der Waals surface area contributed by atoms with Crippen molar-refractivity contribution in [1.82, 2.24) is 0 Å². The van der Waals surface area contributed by atoms with Crippen molar-refractivity contribution in [3.8, 4) is 0 Å². The molecule has 0 saturated carbocycles. The smallest absolute Gasteiger partial charge is 0 e. The molecular formula is CuFeMnSi. The SMILES string of the molecule is [Cu].[Fe].[Mn].[Si]. The molecule has 6 radical (unpaired) electrons. The van der Waals surface area contributed by atoms with Gasteiger partial charge in [0.05, 0.1) is 0 Å². The maximum absolute atomic E-state index is 0. The zero-order valence-corrected chi connectivity index (χ0v) is 5.76. The molecule has 0 spiro atoms. The zero-order valence-electron chi connectivity index (χ0n) is 1.53. The average molecular weight is 202 g/mol. The number of rotatable bonds is 0. The third-order valence-corrected chi connectivity index (χ3v) is 0. The molecule has 0 rings (SSSR count). The molecule has 0 aliphatic carbocycles. The predicted octanol–water partition coefficient (Wildman–Crippen LogP) is -0.388. The summed E-state index contributed by atoms with van der Waals surface area (Å²) in [7, 11) is 0. The average Bonchev–Trinajstić information content (AvgIpc) is 0. The fourth-order valence-electron chi connectivity index (χ4n) is 0. The van der Waals surface area contributed by atoms with Gasteiger partial charge in [-0.15, -0.1) is 0 Å². The van der Waals surface area contributed by atoms with Crippen molar-refractivity contribution in [2.24, 2.45) is 0 Å². The van der Waals surface area contributed by atoms with E-state index in [-0.39, 0.29) is 62.2 Å². The molecule has 0 aromatic heterocycles. The van der Waals surface area contributed by atoms with Crippen LogP contribution >= 0.6 is 0 Å². The van der Waals surface area contributed by atoms with Crippen molar-refractivity contribution in [2.75, 3.05) is 0 Å². The van der Waals surface area contributed by atoms with E-state index in [0.717, 1.165) is 0 Å². The monoisotopic (exact) mass is 202 g/mol. The van der Waals surface area contributed by atoms with Gasteiger partial charge in [0, 0.05) is 62.2 Å². The number of hydrogen-bond acceptors (Lipinski definition) is 0. The molecule has 0 amide bonds. The van der Waals surface area contributed by atoms with Gasteiger partial charge in [0.25, 0.3) is 0 Å².